The van der Waals surface area contributed by atoms with Gasteiger partial charge in [-0.05, 0) is 35.2 Å². The second-order valence-electron chi connectivity index (χ2n) is 6.10. The van der Waals surface area contributed by atoms with E-state index in [4.69, 9.17) is 4.52 Å². The van der Waals surface area contributed by atoms with Crippen molar-refractivity contribution in [3.05, 3.63) is 72.5 Å². The van der Waals surface area contributed by atoms with Crippen molar-refractivity contribution in [1.82, 2.24) is 24.3 Å². The zero-order valence-electron chi connectivity index (χ0n) is 13.8. The molecule has 5 rings (SSSR count). The van der Waals surface area contributed by atoms with E-state index >= 15 is 0 Å². The Hall–Kier alpha value is -3.45. The first-order valence-electron chi connectivity index (χ1n) is 8.26. The third-order valence-corrected chi connectivity index (χ3v) is 4.46. The molecule has 128 valence electrons. The number of pyridine rings is 1. The van der Waals surface area contributed by atoms with Crippen LogP contribution in [0.3, 0.4) is 0 Å². The maximum atomic E-state index is 9.35. The summed E-state index contributed by atoms with van der Waals surface area (Å²) in [6, 6.07) is 13.9. The number of hydrogen-bond acceptors (Lipinski definition) is 5. The number of para-hydroxylation sites is 1. The molecule has 1 aromatic carbocycles. The minimum absolute atomic E-state index is 0.0285. The first-order chi connectivity index (χ1) is 12.8. The molecular formula is C19H15N5O2. The van der Waals surface area contributed by atoms with E-state index in [1.165, 1.54) is 5.39 Å². The predicted molar refractivity (Wildman–Crippen MR) is 95.4 cm³/mol. The van der Waals surface area contributed by atoms with Crippen molar-refractivity contribution >= 4 is 16.4 Å². The Kier molecular flexibility index (Phi) is 3.32. The second kappa shape index (κ2) is 5.82. The molecule has 0 amide bonds. The molecule has 1 N–H and O–H groups in total. The lowest BCUT2D eigenvalue weighted by Crippen LogP contribution is -1.97. The van der Waals surface area contributed by atoms with Gasteiger partial charge in [0.1, 0.15) is 6.54 Å². The topological polar surface area (TPSA) is 81.4 Å². The van der Waals surface area contributed by atoms with Crippen LogP contribution in [0.25, 0.3) is 27.8 Å². The number of aromatic nitrogens is 5. The van der Waals surface area contributed by atoms with Gasteiger partial charge in [0.25, 0.3) is 0 Å². The minimum atomic E-state index is -0.0285. The van der Waals surface area contributed by atoms with Gasteiger partial charge in [0.05, 0.1) is 23.9 Å². The standard InChI is InChI=1S/C19H15N5O2/c25-12-13-5-8-24-17(9-13)15(10-20-24)19-21-18(26-22-19)11-23-7-6-14-3-1-2-4-16(14)23/h1-10,25H,11-12H2. The number of fused-ring (bicyclic) bond motifs is 2. The van der Waals surface area contributed by atoms with Gasteiger partial charge in [-0.25, -0.2) is 4.52 Å². The Morgan fingerprint density at radius 1 is 1.04 bits per heavy atom. The molecule has 0 aliphatic rings. The Morgan fingerprint density at radius 2 is 1.96 bits per heavy atom. The maximum absolute atomic E-state index is 9.35. The van der Waals surface area contributed by atoms with Gasteiger partial charge in [-0.1, -0.05) is 23.4 Å². The van der Waals surface area contributed by atoms with Gasteiger partial charge in [0.15, 0.2) is 0 Å². The number of hydrogen-bond donors (Lipinski definition) is 1. The third-order valence-electron chi connectivity index (χ3n) is 4.46. The molecule has 0 aliphatic heterocycles. The highest BCUT2D eigenvalue weighted by Crippen LogP contribution is 2.23. The van der Waals surface area contributed by atoms with Crippen LogP contribution in [0.1, 0.15) is 11.5 Å². The van der Waals surface area contributed by atoms with Crippen molar-refractivity contribution in [2.45, 2.75) is 13.2 Å². The van der Waals surface area contributed by atoms with E-state index in [1.54, 1.807) is 16.9 Å². The van der Waals surface area contributed by atoms with Crippen molar-refractivity contribution in [2.75, 3.05) is 0 Å². The quantitative estimate of drug-likeness (QED) is 0.542. The molecule has 0 unspecified atom stereocenters. The van der Waals surface area contributed by atoms with Crippen molar-refractivity contribution in [1.29, 1.82) is 0 Å². The van der Waals surface area contributed by atoms with E-state index in [0.29, 0.717) is 18.3 Å². The zero-order valence-corrected chi connectivity index (χ0v) is 13.8. The normalized spacial score (nSPS) is 11.6. The summed E-state index contributed by atoms with van der Waals surface area (Å²) < 4.78 is 9.25. The molecule has 4 heterocycles. The van der Waals surface area contributed by atoms with E-state index in [0.717, 1.165) is 22.2 Å². The Balaban J connectivity index is 1.50. The molecule has 7 nitrogen and oxygen atoms in total. The smallest absolute Gasteiger partial charge is 0.246 e. The minimum Gasteiger partial charge on any atom is -0.392 e. The van der Waals surface area contributed by atoms with Crippen molar-refractivity contribution in [3.63, 3.8) is 0 Å². The van der Waals surface area contributed by atoms with E-state index in [-0.39, 0.29) is 6.61 Å². The monoisotopic (exact) mass is 345 g/mol. The highest BCUT2D eigenvalue weighted by atomic mass is 16.5. The Morgan fingerprint density at radius 3 is 2.88 bits per heavy atom. The number of nitrogens with zero attached hydrogens (tertiary/aromatic N) is 5. The molecule has 0 bridgehead atoms. The highest BCUT2D eigenvalue weighted by molar-refractivity contribution is 5.80. The fourth-order valence-electron chi connectivity index (χ4n) is 3.15. The second-order valence-corrected chi connectivity index (χ2v) is 6.10. The van der Waals surface area contributed by atoms with Gasteiger partial charge in [-0.3, -0.25) is 0 Å². The fraction of sp³-hybridized carbons (Fsp3) is 0.105. The molecule has 0 saturated heterocycles. The lowest BCUT2D eigenvalue weighted by Gasteiger charge is -2.00. The summed E-state index contributed by atoms with van der Waals surface area (Å²) in [5.41, 5.74) is 3.53. The van der Waals surface area contributed by atoms with Crippen molar-refractivity contribution < 1.29 is 9.63 Å². The Bertz CT molecular complexity index is 1220. The third kappa shape index (κ3) is 2.37. The van der Waals surface area contributed by atoms with Gasteiger partial charge in [-0.2, -0.15) is 10.1 Å². The van der Waals surface area contributed by atoms with Crippen LogP contribution in [-0.2, 0) is 13.2 Å². The summed E-state index contributed by atoms with van der Waals surface area (Å²) in [6.07, 6.45) is 5.52. The van der Waals surface area contributed by atoms with Gasteiger partial charge in [-0.15, -0.1) is 0 Å². The molecule has 0 radical (unpaired) electrons. The lowest BCUT2D eigenvalue weighted by molar-refractivity contribution is 0.282. The first kappa shape index (κ1) is 14.9. The van der Waals surface area contributed by atoms with Gasteiger partial charge in [0.2, 0.25) is 11.7 Å². The molecule has 0 saturated carbocycles. The van der Waals surface area contributed by atoms with Gasteiger partial charge in [0, 0.05) is 17.9 Å². The molecule has 4 aromatic heterocycles. The van der Waals surface area contributed by atoms with Gasteiger partial charge < -0.3 is 14.2 Å². The summed E-state index contributed by atoms with van der Waals surface area (Å²) in [6.45, 7) is 0.473. The van der Waals surface area contributed by atoms with Crippen molar-refractivity contribution in [2.24, 2.45) is 0 Å². The summed E-state index contributed by atoms with van der Waals surface area (Å²) in [5.74, 6) is 1.01. The molecule has 5 aromatic rings. The molecule has 0 fully saturated rings. The Labute approximate surface area is 148 Å². The van der Waals surface area contributed by atoms with Crippen LogP contribution in [0.4, 0.5) is 0 Å². The van der Waals surface area contributed by atoms with E-state index in [2.05, 4.69) is 38.0 Å². The number of aliphatic hydroxyl groups is 1. The van der Waals surface area contributed by atoms with Crippen LogP contribution in [0.5, 0.6) is 0 Å². The predicted octanol–water partition coefficient (Wildman–Crippen LogP) is 2.88. The van der Waals surface area contributed by atoms with Gasteiger partial charge >= 0.3 is 0 Å². The van der Waals surface area contributed by atoms with Crippen LogP contribution in [0.15, 0.2) is 65.6 Å². The number of rotatable bonds is 4. The van der Waals surface area contributed by atoms with Crippen LogP contribution >= 0.6 is 0 Å². The zero-order chi connectivity index (χ0) is 17.5. The molecule has 0 spiro atoms. The summed E-state index contributed by atoms with van der Waals surface area (Å²) in [5, 5.41) is 18.9. The van der Waals surface area contributed by atoms with E-state index in [1.807, 2.05) is 30.5 Å². The average molecular weight is 345 g/mol. The fourth-order valence-corrected chi connectivity index (χ4v) is 3.15. The SMILES string of the molecule is OCc1ccn2ncc(-c3noc(Cn4ccc5ccccc54)n3)c2c1. The van der Waals surface area contributed by atoms with Crippen LogP contribution in [0, 0.1) is 0 Å². The van der Waals surface area contributed by atoms with E-state index in [9.17, 15) is 5.11 Å². The molecule has 7 heteroatoms. The largest absolute Gasteiger partial charge is 0.392 e. The summed E-state index contributed by atoms with van der Waals surface area (Å²) in [4.78, 5) is 4.53. The highest BCUT2D eigenvalue weighted by Gasteiger charge is 2.15. The summed E-state index contributed by atoms with van der Waals surface area (Å²) in [7, 11) is 0. The molecule has 0 aliphatic carbocycles. The first-order valence-corrected chi connectivity index (χ1v) is 8.26. The van der Waals surface area contributed by atoms with Crippen molar-refractivity contribution in [3.8, 4) is 11.4 Å². The maximum Gasteiger partial charge on any atom is 0.246 e. The molecule has 26 heavy (non-hydrogen) atoms. The molecular weight excluding hydrogens is 330 g/mol. The lowest BCUT2D eigenvalue weighted by atomic mass is 10.2. The van der Waals surface area contributed by atoms with Crippen LogP contribution in [0.2, 0.25) is 0 Å². The number of benzene rings is 1. The van der Waals surface area contributed by atoms with Crippen LogP contribution < -0.4 is 0 Å². The average Bonchev–Trinajstić information content (AvgIpc) is 3.40. The molecule has 0 atom stereocenters. The number of aliphatic hydroxyl groups excluding tert-OH is 1. The summed E-state index contributed by atoms with van der Waals surface area (Å²) >= 11 is 0. The van der Waals surface area contributed by atoms with E-state index < -0.39 is 0 Å². The van der Waals surface area contributed by atoms with Crippen LogP contribution in [-0.4, -0.2) is 29.4 Å².